The lowest BCUT2D eigenvalue weighted by atomic mass is 10.1. The second-order valence-electron chi connectivity index (χ2n) is 6.87. The van der Waals surface area contributed by atoms with E-state index in [2.05, 4.69) is 44.1 Å². The van der Waals surface area contributed by atoms with E-state index in [1.807, 2.05) is 17.8 Å². The Balaban J connectivity index is 1.30. The van der Waals surface area contributed by atoms with Crippen molar-refractivity contribution >= 4 is 23.3 Å². The molecular weight excluding hydrogens is 346 g/mol. The van der Waals surface area contributed by atoms with E-state index in [1.54, 1.807) is 0 Å². The molecule has 0 amide bonds. The Morgan fingerprint density at radius 1 is 1.19 bits per heavy atom. The summed E-state index contributed by atoms with van der Waals surface area (Å²) in [7, 11) is 0. The third kappa shape index (κ3) is 3.75. The van der Waals surface area contributed by atoms with E-state index in [9.17, 15) is 5.11 Å². The molecule has 26 heavy (non-hydrogen) atoms. The molecule has 1 saturated heterocycles. The van der Waals surface area contributed by atoms with Crippen molar-refractivity contribution in [1.29, 1.82) is 0 Å². The molecule has 2 unspecified atom stereocenters. The smallest absolute Gasteiger partial charge is 0.132 e. The lowest BCUT2D eigenvalue weighted by molar-refractivity contribution is 0.151. The lowest BCUT2D eigenvalue weighted by Gasteiger charge is -2.15. The van der Waals surface area contributed by atoms with E-state index in [-0.39, 0.29) is 6.10 Å². The van der Waals surface area contributed by atoms with Crippen LogP contribution in [0.4, 0.5) is 5.82 Å². The van der Waals surface area contributed by atoms with Gasteiger partial charge in [-0.15, -0.1) is 0 Å². The van der Waals surface area contributed by atoms with Crippen molar-refractivity contribution in [2.75, 3.05) is 31.1 Å². The molecule has 3 heterocycles. The zero-order chi connectivity index (χ0) is 17.9. The molecule has 2 aliphatic heterocycles. The van der Waals surface area contributed by atoms with E-state index in [1.165, 1.54) is 11.9 Å². The van der Waals surface area contributed by atoms with Crippen LogP contribution in [0.5, 0.6) is 0 Å². The third-order valence-corrected chi connectivity index (χ3v) is 6.18. The summed E-state index contributed by atoms with van der Waals surface area (Å²) in [4.78, 5) is 15.2. The van der Waals surface area contributed by atoms with Crippen molar-refractivity contribution in [1.82, 2.24) is 14.9 Å². The van der Waals surface area contributed by atoms with Crippen LogP contribution in [-0.4, -0.2) is 57.2 Å². The summed E-state index contributed by atoms with van der Waals surface area (Å²) in [6.45, 7) is 2.84. The van der Waals surface area contributed by atoms with Crippen LogP contribution in [0.2, 0.25) is 0 Å². The normalized spacial score (nSPS) is 22.4. The SMILES string of the molecule is Nc1ncnc2c1CN=C2CN1CC(O)C(CSCc2ccccc2)C1. The standard InChI is InChI=1S/C19H23N5OS/c20-19-15-6-21-16(18(15)22-12-23-19)8-24-7-14(17(25)9-24)11-26-10-13-4-2-1-3-5-13/h1-5,12,14,17,25H,6-11H2,(H2,20,22,23). The Morgan fingerprint density at radius 3 is 2.88 bits per heavy atom. The van der Waals surface area contributed by atoms with Gasteiger partial charge in [0.05, 0.1) is 24.1 Å². The van der Waals surface area contributed by atoms with Crippen molar-refractivity contribution in [3.8, 4) is 0 Å². The van der Waals surface area contributed by atoms with E-state index in [0.717, 1.165) is 35.0 Å². The van der Waals surface area contributed by atoms with Gasteiger partial charge in [0.1, 0.15) is 12.1 Å². The molecule has 7 heteroatoms. The number of aliphatic hydroxyl groups excluding tert-OH is 1. The van der Waals surface area contributed by atoms with Crippen LogP contribution in [0.25, 0.3) is 0 Å². The summed E-state index contributed by atoms with van der Waals surface area (Å²) in [5, 5.41) is 10.4. The van der Waals surface area contributed by atoms with Gasteiger partial charge in [0.25, 0.3) is 0 Å². The van der Waals surface area contributed by atoms with Gasteiger partial charge in [0.2, 0.25) is 0 Å². The maximum atomic E-state index is 10.4. The predicted molar refractivity (Wildman–Crippen MR) is 105 cm³/mol. The maximum Gasteiger partial charge on any atom is 0.132 e. The summed E-state index contributed by atoms with van der Waals surface area (Å²) in [5.74, 6) is 2.76. The molecule has 2 aliphatic rings. The number of benzene rings is 1. The number of aliphatic imine (C=N–C) groups is 1. The molecule has 0 saturated carbocycles. The number of aliphatic hydroxyl groups is 1. The first kappa shape index (κ1) is 17.5. The fourth-order valence-electron chi connectivity index (χ4n) is 3.55. The van der Waals surface area contributed by atoms with E-state index < -0.39 is 0 Å². The number of anilines is 1. The van der Waals surface area contributed by atoms with Gasteiger partial charge in [-0.2, -0.15) is 11.8 Å². The topological polar surface area (TPSA) is 87.6 Å². The largest absolute Gasteiger partial charge is 0.391 e. The number of β-amino-alcohol motifs (C(OH)–C–C–N with tert-alkyl or cyclic N) is 1. The molecule has 1 fully saturated rings. The molecular formula is C19H23N5OS. The van der Waals surface area contributed by atoms with Gasteiger partial charge in [0, 0.05) is 42.6 Å². The zero-order valence-electron chi connectivity index (χ0n) is 14.6. The average Bonchev–Trinajstić information content (AvgIpc) is 3.21. The zero-order valence-corrected chi connectivity index (χ0v) is 15.4. The van der Waals surface area contributed by atoms with Crippen LogP contribution in [-0.2, 0) is 12.3 Å². The number of nitrogen functional groups attached to an aromatic ring is 1. The number of rotatable bonds is 6. The Morgan fingerprint density at radius 2 is 2.04 bits per heavy atom. The summed E-state index contributed by atoms with van der Waals surface area (Å²) >= 11 is 1.89. The Hall–Kier alpha value is -1.96. The Bertz CT molecular complexity index is 798. The number of nitrogens with two attached hydrogens (primary N) is 1. The van der Waals surface area contributed by atoms with E-state index in [4.69, 9.17) is 5.73 Å². The Labute approximate surface area is 157 Å². The van der Waals surface area contributed by atoms with Crippen LogP contribution in [0, 0.1) is 5.92 Å². The second kappa shape index (κ2) is 7.73. The highest BCUT2D eigenvalue weighted by atomic mass is 32.2. The number of nitrogens with zero attached hydrogens (tertiary/aromatic N) is 4. The fraction of sp³-hybridized carbons (Fsp3) is 0.421. The van der Waals surface area contributed by atoms with Crippen molar-refractivity contribution in [3.05, 3.63) is 53.5 Å². The van der Waals surface area contributed by atoms with Crippen molar-refractivity contribution < 1.29 is 5.11 Å². The van der Waals surface area contributed by atoms with Crippen LogP contribution < -0.4 is 5.73 Å². The quantitative estimate of drug-likeness (QED) is 0.804. The van der Waals surface area contributed by atoms with Gasteiger partial charge in [-0.05, 0) is 5.56 Å². The molecule has 2 aromatic rings. The summed E-state index contributed by atoms with van der Waals surface area (Å²) in [6.07, 6.45) is 1.21. The monoisotopic (exact) mass is 369 g/mol. The lowest BCUT2D eigenvalue weighted by Crippen LogP contribution is -2.29. The molecule has 6 nitrogen and oxygen atoms in total. The van der Waals surface area contributed by atoms with E-state index in [0.29, 0.717) is 31.4 Å². The average molecular weight is 369 g/mol. The minimum absolute atomic E-state index is 0.282. The molecule has 1 aromatic heterocycles. The molecule has 136 valence electrons. The van der Waals surface area contributed by atoms with Gasteiger partial charge in [-0.25, -0.2) is 9.97 Å². The van der Waals surface area contributed by atoms with Gasteiger partial charge in [-0.3, -0.25) is 9.89 Å². The number of fused-ring (bicyclic) bond motifs is 1. The highest BCUT2D eigenvalue weighted by molar-refractivity contribution is 7.98. The first-order chi connectivity index (χ1) is 12.7. The summed E-state index contributed by atoms with van der Waals surface area (Å²) < 4.78 is 0. The summed E-state index contributed by atoms with van der Waals surface area (Å²) in [6, 6.07) is 10.5. The molecule has 0 spiro atoms. The molecule has 3 N–H and O–H groups in total. The number of thioether (sulfide) groups is 1. The van der Waals surface area contributed by atoms with Crippen molar-refractivity contribution in [3.63, 3.8) is 0 Å². The van der Waals surface area contributed by atoms with Crippen LogP contribution in [0.15, 0.2) is 41.7 Å². The minimum Gasteiger partial charge on any atom is -0.391 e. The third-order valence-electron chi connectivity index (χ3n) is 4.98. The predicted octanol–water partition coefficient (Wildman–Crippen LogP) is 1.59. The number of hydrogen-bond donors (Lipinski definition) is 2. The second-order valence-corrected chi connectivity index (χ2v) is 7.90. The number of aromatic nitrogens is 2. The molecule has 0 aliphatic carbocycles. The molecule has 0 bridgehead atoms. The molecule has 4 rings (SSSR count). The van der Waals surface area contributed by atoms with Crippen LogP contribution >= 0.6 is 11.8 Å². The minimum atomic E-state index is -0.282. The first-order valence-electron chi connectivity index (χ1n) is 8.86. The Kier molecular flexibility index (Phi) is 5.19. The molecule has 1 aromatic carbocycles. The van der Waals surface area contributed by atoms with Gasteiger partial charge in [-0.1, -0.05) is 30.3 Å². The maximum absolute atomic E-state index is 10.4. The van der Waals surface area contributed by atoms with Gasteiger partial charge in [0.15, 0.2) is 0 Å². The van der Waals surface area contributed by atoms with Gasteiger partial charge < -0.3 is 10.8 Å². The van der Waals surface area contributed by atoms with Crippen LogP contribution in [0.1, 0.15) is 16.8 Å². The fourth-order valence-corrected chi connectivity index (χ4v) is 4.73. The molecule has 2 atom stereocenters. The van der Waals surface area contributed by atoms with Gasteiger partial charge >= 0.3 is 0 Å². The van der Waals surface area contributed by atoms with Crippen LogP contribution in [0.3, 0.4) is 0 Å². The number of hydrogen-bond acceptors (Lipinski definition) is 7. The summed E-state index contributed by atoms with van der Waals surface area (Å²) in [5.41, 5.74) is 9.99. The molecule has 0 radical (unpaired) electrons. The highest BCUT2D eigenvalue weighted by Gasteiger charge is 2.33. The highest BCUT2D eigenvalue weighted by Crippen LogP contribution is 2.26. The number of likely N-dealkylation sites (tertiary alicyclic amines) is 1. The van der Waals surface area contributed by atoms with Crippen molar-refractivity contribution in [2.45, 2.75) is 18.4 Å². The first-order valence-corrected chi connectivity index (χ1v) is 10.0. The van der Waals surface area contributed by atoms with E-state index >= 15 is 0 Å². The van der Waals surface area contributed by atoms with Crippen molar-refractivity contribution in [2.24, 2.45) is 10.9 Å².